The summed E-state index contributed by atoms with van der Waals surface area (Å²) >= 11 is 0. The maximum atomic E-state index is 6.48. The van der Waals surface area contributed by atoms with Crippen LogP contribution in [0.15, 0.2) is 102 Å². The van der Waals surface area contributed by atoms with Crippen LogP contribution in [0.1, 0.15) is 34.8 Å². The van der Waals surface area contributed by atoms with Crippen LogP contribution >= 0.6 is 0 Å². The van der Waals surface area contributed by atoms with Gasteiger partial charge in [0.1, 0.15) is 5.69 Å². The maximum Gasteiger partial charge on any atom is 0.227 e. The van der Waals surface area contributed by atoms with Gasteiger partial charge in [0.05, 0.1) is 6.04 Å². The molecule has 2 atom stereocenters. The Labute approximate surface area is 201 Å². The van der Waals surface area contributed by atoms with E-state index in [1.165, 1.54) is 22.4 Å². The summed E-state index contributed by atoms with van der Waals surface area (Å²) in [6.45, 7) is 6.49. The Morgan fingerprint density at radius 1 is 0.853 bits per heavy atom. The first-order valence-electron chi connectivity index (χ1n) is 11.9. The number of rotatable bonds is 6. The highest BCUT2D eigenvalue weighted by atomic mass is 16.4. The molecule has 0 amide bonds. The molecular weight excluding hydrogens is 416 g/mol. The average Bonchev–Trinajstić information content (AvgIpc) is 3.30. The van der Waals surface area contributed by atoms with E-state index in [0.29, 0.717) is 5.89 Å². The molecule has 3 nitrogen and oxygen atoms in total. The van der Waals surface area contributed by atoms with Crippen molar-refractivity contribution in [1.82, 2.24) is 4.98 Å². The van der Waals surface area contributed by atoms with Gasteiger partial charge in [-0.3, -0.25) is 0 Å². The van der Waals surface area contributed by atoms with Gasteiger partial charge in [-0.15, -0.1) is 0 Å². The molecule has 1 aliphatic rings. The topological polar surface area (TPSA) is 38.1 Å². The summed E-state index contributed by atoms with van der Waals surface area (Å²) in [6, 6.07) is 24.9. The summed E-state index contributed by atoms with van der Waals surface area (Å²) in [4.78, 5) is 5.12. The molecule has 3 aromatic carbocycles. The van der Waals surface area contributed by atoms with E-state index in [9.17, 15) is 0 Å². The number of allylic oxidation sites excluding steroid dienone is 3. The first-order chi connectivity index (χ1) is 16.6. The highest BCUT2D eigenvalue weighted by Gasteiger charge is 2.30. The normalized spacial score (nSPS) is 15.9. The zero-order valence-electron chi connectivity index (χ0n) is 20.0. The first-order valence-corrected chi connectivity index (χ1v) is 11.9. The maximum absolute atomic E-state index is 6.48. The summed E-state index contributed by atoms with van der Waals surface area (Å²) in [6.07, 6.45) is 9.71. The number of aromatic nitrogens is 1. The number of benzene rings is 3. The largest absolute Gasteiger partial charge is 0.436 e. The molecule has 0 bridgehead atoms. The molecule has 0 radical (unpaired) electrons. The number of hydrogen-bond donors (Lipinski definition) is 1. The van der Waals surface area contributed by atoms with E-state index in [1.54, 1.807) is 0 Å². The van der Waals surface area contributed by atoms with Gasteiger partial charge in [-0.05, 0) is 50.5 Å². The number of anilines is 1. The van der Waals surface area contributed by atoms with Gasteiger partial charge in [0.15, 0.2) is 5.76 Å². The highest BCUT2D eigenvalue weighted by Crippen LogP contribution is 2.40. The lowest BCUT2D eigenvalue weighted by Gasteiger charge is -2.28. The lowest BCUT2D eigenvalue weighted by atomic mass is 9.88. The van der Waals surface area contributed by atoms with Crippen molar-refractivity contribution in [2.45, 2.75) is 33.2 Å². The third-order valence-electron chi connectivity index (χ3n) is 6.42. The number of aryl methyl sites for hydroxylation is 3. The van der Waals surface area contributed by atoms with Gasteiger partial charge < -0.3 is 9.73 Å². The van der Waals surface area contributed by atoms with Gasteiger partial charge in [0, 0.05) is 22.7 Å². The van der Waals surface area contributed by atoms with E-state index in [2.05, 4.69) is 74.7 Å². The van der Waals surface area contributed by atoms with Crippen LogP contribution in [0.2, 0.25) is 0 Å². The summed E-state index contributed by atoms with van der Waals surface area (Å²) in [5.41, 5.74) is 7.88. The van der Waals surface area contributed by atoms with Gasteiger partial charge in [0.2, 0.25) is 5.89 Å². The second-order valence-corrected chi connectivity index (χ2v) is 9.07. The summed E-state index contributed by atoms with van der Waals surface area (Å²) in [5, 5.41) is 3.90. The van der Waals surface area contributed by atoms with Crippen molar-refractivity contribution in [1.29, 1.82) is 0 Å². The fourth-order valence-electron chi connectivity index (χ4n) is 4.83. The zero-order chi connectivity index (χ0) is 23.5. The molecular formula is C31H30N2O. The Bertz CT molecular complexity index is 1310. The van der Waals surface area contributed by atoms with E-state index in [0.717, 1.165) is 29.0 Å². The first kappa shape index (κ1) is 22.0. The van der Waals surface area contributed by atoms with Crippen molar-refractivity contribution >= 4 is 5.69 Å². The van der Waals surface area contributed by atoms with Crippen LogP contribution in [-0.4, -0.2) is 4.98 Å². The highest BCUT2D eigenvalue weighted by molar-refractivity contribution is 5.67. The quantitative estimate of drug-likeness (QED) is 0.324. The molecule has 1 aliphatic carbocycles. The molecule has 34 heavy (non-hydrogen) atoms. The second-order valence-electron chi connectivity index (χ2n) is 9.07. The summed E-state index contributed by atoms with van der Waals surface area (Å²) < 4.78 is 6.48. The van der Waals surface area contributed by atoms with Crippen LogP contribution in [-0.2, 0) is 0 Å². The summed E-state index contributed by atoms with van der Waals surface area (Å²) in [5.74, 6) is 1.72. The van der Waals surface area contributed by atoms with Crippen molar-refractivity contribution < 1.29 is 4.42 Å². The predicted molar refractivity (Wildman–Crippen MR) is 141 cm³/mol. The Morgan fingerprint density at radius 3 is 2.12 bits per heavy atom. The lowest BCUT2D eigenvalue weighted by Crippen LogP contribution is -2.22. The molecule has 1 N–H and O–H groups in total. The minimum absolute atomic E-state index is 0.0438. The third kappa shape index (κ3) is 4.47. The van der Waals surface area contributed by atoms with Crippen molar-refractivity contribution in [3.8, 4) is 22.8 Å². The molecule has 5 rings (SSSR count). The van der Waals surface area contributed by atoms with Crippen LogP contribution in [0.4, 0.5) is 5.69 Å². The molecule has 4 aromatic rings. The van der Waals surface area contributed by atoms with E-state index < -0.39 is 0 Å². The van der Waals surface area contributed by atoms with Crippen LogP contribution < -0.4 is 5.32 Å². The van der Waals surface area contributed by atoms with E-state index in [1.807, 2.05) is 48.5 Å². The Kier molecular flexibility index (Phi) is 6.18. The van der Waals surface area contributed by atoms with E-state index >= 15 is 0 Å². The fourth-order valence-corrected chi connectivity index (χ4v) is 4.83. The van der Waals surface area contributed by atoms with Gasteiger partial charge in [0.25, 0.3) is 0 Å². The van der Waals surface area contributed by atoms with Crippen LogP contribution in [0.3, 0.4) is 0 Å². The number of hydrogen-bond acceptors (Lipinski definition) is 3. The minimum atomic E-state index is -0.0438. The lowest BCUT2D eigenvalue weighted by molar-refractivity contribution is 0.539. The van der Waals surface area contributed by atoms with Crippen LogP contribution in [0, 0.1) is 26.7 Å². The van der Waals surface area contributed by atoms with Gasteiger partial charge in [-0.25, -0.2) is 4.98 Å². The van der Waals surface area contributed by atoms with E-state index in [4.69, 9.17) is 9.40 Å². The van der Waals surface area contributed by atoms with Crippen molar-refractivity contribution in [3.05, 3.63) is 119 Å². The van der Waals surface area contributed by atoms with Gasteiger partial charge >= 0.3 is 0 Å². The number of nitrogens with one attached hydrogen (secondary N) is 1. The molecule has 0 fully saturated rings. The average molecular weight is 447 g/mol. The smallest absolute Gasteiger partial charge is 0.227 e. The van der Waals surface area contributed by atoms with E-state index in [-0.39, 0.29) is 12.0 Å². The summed E-state index contributed by atoms with van der Waals surface area (Å²) in [7, 11) is 0. The SMILES string of the molecule is Cc1cc(C)c(NC(c2nc(-c3ccccc3)oc2-c2ccccc2)C2C=CC=CC2)c(C)c1. The Hall–Kier alpha value is -3.85. The molecule has 1 heterocycles. The number of nitrogens with zero attached hydrogens (tertiary/aromatic N) is 1. The van der Waals surface area contributed by atoms with Crippen molar-refractivity contribution in [2.24, 2.45) is 5.92 Å². The molecule has 2 unspecified atom stereocenters. The van der Waals surface area contributed by atoms with Crippen molar-refractivity contribution in [3.63, 3.8) is 0 Å². The predicted octanol–water partition coefficient (Wildman–Crippen LogP) is 8.22. The molecule has 1 aromatic heterocycles. The molecule has 170 valence electrons. The molecule has 3 heteroatoms. The monoisotopic (exact) mass is 446 g/mol. The fraction of sp³-hybridized carbons (Fsp3) is 0.194. The number of oxazole rings is 1. The van der Waals surface area contributed by atoms with Gasteiger partial charge in [-0.2, -0.15) is 0 Å². The van der Waals surface area contributed by atoms with Crippen molar-refractivity contribution in [2.75, 3.05) is 5.32 Å². The zero-order valence-corrected chi connectivity index (χ0v) is 20.0. The molecule has 0 aliphatic heterocycles. The molecule has 0 saturated carbocycles. The van der Waals surface area contributed by atoms with Crippen LogP contribution in [0.25, 0.3) is 22.8 Å². The molecule has 0 spiro atoms. The standard InChI is InChI=1S/C31H30N2O/c1-21-19-22(2)27(23(3)20-21)32-28(24-13-7-4-8-14-24)29-30(25-15-9-5-10-16-25)34-31(33-29)26-17-11-6-12-18-26/h4-13,15-20,24,28,32H,14H2,1-3H3. The Morgan fingerprint density at radius 2 is 1.50 bits per heavy atom. The minimum Gasteiger partial charge on any atom is -0.436 e. The second kappa shape index (κ2) is 9.56. The van der Waals surface area contributed by atoms with Crippen LogP contribution in [0.5, 0.6) is 0 Å². The molecule has 0 saturated heterocycles. The Balaban J connectivity index is 1.67. The van der Waals surface area contributed by atoms with Gasteiger partial charge in [-0.1, -0.05) is 90.5 Å². The third-order valence-corrected chi connectivity index (χ3v) is 6.42.